The van der Waals surface area contributed by atoms with Crippen LogP contribution in [0.3, 0.4) is 0 Å². The number of hydrogen-bond donors (Lipinski definition) is 1. The van der Waals surface area contributed by atoms with Crippen molar-refractivity contribution in [3.05, 3.63) is 29.8 Å². The van der Waals surface area contributed by atoms with Gasteiger partial charge in [0.1, 0.15) is 0 Å². The van der Waals surface area contributed by atoms with E-state index in [0.29, 0.717) is 19.4 Å². The molecule has 0 amide bonds. The molecule has 1 rings (SSSR count). The highest BCUT2D eigenvalue weighted by Gasteiger charge is 2.21. The molecule has 0 aliphatic rings. The molecule has 1 N–H and O–H groups in total. The molecule has 0 radical (unpaired) electrons. The van der Waals surface area contributed by atoms with Crippen molar-refractivity contribution in [3.8, 4) is 0 Å². The van der Waals surface area contributed by atoms with Gasteiger partial charge in [-0.2, -0.15) is 0 Å². The van der Waals surface area contributed by atoms with Crippen LogP contribution in [0.5, 0.6) is 0 Å². The molecular weight excluding hydrogens is 250 g/mol. The number of sulfonamides is 1. The van der Waals surface area contributed by atoms with E-state index in [-0.39, 0.29) is 12.4 Å². The van der Waals surface area contributed by atoms with Crippen LogP contribution in [0.1, 0.15) is 25.3 Å². The quantitative estimate of drug-likeness (QED) is 0.771. The summed E-state index contributed by atoms with van der Waals surface area (Å²) in [6, 6.07) is 7.46. The minimum absolute atomic E-state index is 0.0337. The number of aliphatic hydroxyl groups is 1. The summed E-state index contributed by atoms with van der Waals surface area (Å²) in [7, 11) is -3.30. The van der Waals surface area contributed by atoms with E-state index in [4.69, 9.17) is 5.11 Å². The fraction of sp³-hybridized carbons (Fsp3) is 0.538. The second-order valence-corrected chi connectivity index (χ2v) is 6.21. The van der Waals surface area contributed by atoms with Crippen LogP contribution in [0.25, 0.3) is 0 Å². The van der Waals surface area contributed by atoms with Crippen molar-refractivity contribution in [3.63, 3.8) is 0 Å². The van der Waals surface area contributed by atoms with E-state index >= 15 is 0 Å². The Hall–Kier alpha value is -1.07. The molecule has 0 fully saturated rings. The lowest BCUT2D eigenvalue weighted by Crippen LogP contribution is -2.33. The zero-order valence-corrected chi connectivity index (χ0v) is 11.8. The first-order valence-corrected chi connectivity index (χ1v) is 7.80. The molecule has 0 saturated heterocycles. The maximum Gasteiger partial charge on any atom is 0.235 e. The van der Waals surface area contributed by atoms with Gasteiger partial charge in [0, 0.05) is 13.2 Å². The van der Waals surface area contributed by atoms with Gasteiger partial charge in [-0.15, -0.1) is 0 Å². The molecule has 0 atom stereocenters. The standard InChI is InChI=1S/C13H21NO3S/c1-3-14(13-9-5-4-8-12(13)2)18(16,17)11-7-6-10-15/h4-5,8-9,15H,3,6-7,10-11H2,1-2H3. The Kier molecular flexibility index (Phi) is 5.62. The molecule has 1 aromatic carbocycles. The molecule has 5 heteroatoms. The maximum atomic E-state index is 12.2. The first-order chi connectivity index (χ1) is 8.53. The zero-order chi connectivity index (χ0) is 13.6. The number of para-hydroxylation sites is 1. The van der Waals surface area contributed by atoms with Crippen molar-refractivity contribution in [2.45, 2.75) is 26.7 Å². The van der Waals surface area contributed by atoms with E-state index in [2.05, 4.69) is 0 Å². The lowest BCUT2D eigenvalue weighted by molar-refractivity contribution is 0.287. The highest BCUT2D eigenvalue weighted by atomic mass is 32.2. The van der Waals surface area contributed by atoms with Gasteiger partial charge in [0.25, 0.3) is 0 Å². The van der Waals surface area contributed by atoms with Crippen LogP contribution in [-0.4, -0.2) is 32.4 Å². The Balaban J connectivity index is 2.93. The van der Waals surface area contributed by atoms with Crippen LogP contribution in [0.4, 0.5) is 5.69 Å². The van der Waals surface area contributed by atoms with Crippen molar-refractivity contribution < 1.29 is 13.5 Å². The highest BCUT2D eigenvalue weighted by Crippen LogP contribution is 2.22. The third kappa shape index (κ3) is 3.71. The van der Waals surface area contributed by atoms with Crippen LogP contribution >= 0.6 is 0 Å². The Labute approximate surface area is 109 Å². The van der Waals surface area contributed by atoms with Crippen LogP contribution in [0.2, 0.25) is 0 Å². The van der Waals surface area contributed by atoms with Gasteiger partial charge in [-0.3, -0.25) is 4.31 Å². The third-order valence-electron chi connectivity index (χ3n) is 2.82. The first kappa shape index (κ1) is 15.0. The molecule has 0 heterocycles. The molecule has 0 aliphatic heterocycles. The molecule has 18 heavy (non-hydrogen) atoms. The molecule has 0 bridgehead atoms. The molecular formula is C13H21NO3S. The fourth-order valence-corrected chi connectivity index (χ4v) is 3.55. The summed E-state index contributed by atoms with van der Waals surface area (Å²) >= 11 is 0. The van der Waals surface area contributed by atoms with Gasteiger partial charge < -0.3 is 5.11 Å². The van der Waals surface area contributed by atoms with Gasteiger partial charge in [-0.25, -0.2) is 8.42 Å². The average molecular weight is 271 g/mol. The van der Waals surface area contributed by atoms with Gasteiger partial charge in [0.05, 0.1) is 11.4 Å². The van der Waals surface area contributed by atoms with Crippen LogP contribution in [0.15, 0.2) is 24.3 Å². The summed E-state index contributed by atoms with van der Waals surface area (Å²) in [5.41, 5.74) is 1.69. The van der Waals surface area contributed by atoms with Gasteiger partial charge in [0.15, 0.2) is 0 Å². The minimum Gasteiger partial charge on any atom is -0.396 e. The molecule has 1 aromatic rings. The van der Waals surface area contributed by atoms with E-state index in [1.165, 1.54) is 4.31 Å². The molecule has 0 aliphatic carbocycles. The van der Waals surface area contributed by atoms with E-state index in [1.807, 2.05) is 38.1 Å². The van der Waals surface area contributed by atoms with Crippen molar-refractivity contribution in [1.29, 1.82) is 0 Å². The van der Waals surface area contributed by atoms with E-state index in [0.717, 1.165) is 11.3 Å². The minimum atomic E-state index is -3.30. The zero-order valence-electron chi connectivity index (χ0n) is 11.0. The van der Waals surface area contributed by atoms with Crippen molar-refractivity contribution in [1.82, 2.24) is 0 Å². The largest absolute Gasteiger partial charge is 0.396 e. The third-order valence-corrected chi connectivity index (χ3v) is 4.75. The molecule has 0 saturated carbocycles. The maximum absolute atomic E-state index is 12.2. The molecule has 102 valence electrons. The summed E-state index contributed by atoms with van der Waals surface area (Å²) in [4.78, 5) is 0. The second-order valence-electron chi connectivity index (χ2n) is 4.20. The number of anilines is 1. The van der Waals surface area contributed by atoms with Crippen molar-refractivity contribution in [2.75, 3.05) is 23.2 Å². The molecule has 4 nitrogen and oxygen atoms in total. The summed E-state index contributed by atoms with van der Waals surface area (Å²) in [6.45, 7) is 4.19. The van der Waals surface area contributed by atoms with E-state index < -0.39 is 10.0 Å². The number of unbranched alkanes of at least 4 members (excludes halogenated alkanes) is 1. The van der Waals surface area contributed by atoms with E-state index in [1.54, 1.807) is 0 Å². The van der Waals surface area contributed by atoms with Gasteiger partial charge in [-0.1, -0.05) is 18.2 Å². The van der Waals surface area contributed by atoms with Gasteiger partial charge >= 0.3 is 0 Å². The summed E-state index contributed by atoms with van der Waals surface area (Å²) in [5, 5.41) is 8.71. The normalized spacial score (nSPS) is 11.5. The van der Waals surface area contributed by atoms with Crippen LogP contribution in [0, 0.1) is 6.92 Å². The Morgan fingerprint density at radius 1 is 1.22 bits per heavy atom. The van der Waals surface area contributed by atoms with Gasteiger partial charge in [-0.05, 0) is 38.3 Å². The topological polar surface area (TPSA) is 57.6 Å². The molecule has 0 aromatic heterocycles. The van der Waals surface area contributed by atoms with Crippen LogP contribution in [-0.2, 0) is 10.0 Å². The second kappa shape index (κ2) is 6.75. The molecule has 0 spiro atoms. The number of aliphatic hydroxyl groups excluding tert-OH is 1. The van der Waals surface area contributed by atoms with Crippen molar-refractivity contribution >= 4 is 15.7 Å². The SMILES string of the molecule is CCN(c1ccccc1C)S(=O)(=O)CCCCO. The average Bonchev–Trinajstić information content (AvgIpc) is 2.32. The predicted molar refractivity (Wildman–Crippen MR) is 74.3 cm³/mol. The summed E-state index contributed by atoms with van der Waals surface area (Å²) in [5.74, 6) is 0.0791. The van der Waals surface area contributed by atoms with Gasteiger partial charge in [0.2, 0.25) is 10.0 Å². The first-order valence-electron chi connectivity index (χ1n) is 6.20. The number of benzene rings is 1. The lowest BCUT2D eigenvalue weighted by Gasteiger charge is -2.24. The summed E-state index contributed by atoms with van der Waals surface area (Å²) < 4.78 is 25.9. The smallest absolute Gasteiger partial charge is 0.235 e. The van der Waals surface area contributed by atoms with Crippen LogP contribution < -0.4 is 4.31 Å². The summed E-state index contributed by atoms with van der Waals surface area (Å²) in [6.07, 6.45) is 1.01. The van der Waals surface area contributed by atoms with Crippen molar-refractivity contribution in [2.24, 2.45) is 0 Å². The predicted octanol–water partition coefficient (Wildman–Crippen LogP) is 1.92. The number of rotatable bonds is 7. The lowest BCUT2D eigenvalue weighted by atomic mass is 10.2. The Bertz CT molecular complexity index is 471. The number of hydrogen-bond acceptors (Lipinski definition) is 3. The molecule has 0 unspecified atom stereocenters. The Morgan fingerprint density at radius 2 is 1.89 bits per heavy atom. The monoisotopic (exact) mass is 271 g/mol. The number of nitrogens with zero attached hydrogens (tertiary/aromatic N) is 1. The van der Waals surface area contributed by atoms with E-state index in [9.17, 15) is 8.42 Å². The highest BCUT2D eigenvalue weighted by molar-refractivity contribution is 7.92. The number of aryl methyl sites for hydroxylation is 1. The fourth-order valence-electron chi connectivity index (χ4n) is 1.87. The Morgan fingerprint density at radius 3 is 2.44 bits per heavy atom.